The van der Waals surface area contributed by atoms with Crippen LogP contribution in [0.1, 0.15) is 27.2 Å². The fourth-order valence-corrected chi connectivity index (χ4v) is 2.26. The highest BCUT2D eigenvalue weighted by Gasteiger charge is 2.22. The third-order valence-corrected chi connectivity index (χ3v) is 2.92. The molecule has 0 saturated carbocycles. The predicted octanol–water partition coefficient (Wildman–Crippen LogP) is 2.62. The van der Waals surface area contributed by atoms with E-state index in [-0.39, 0.29) is 0 Å². The standard InChI is InChI=1S/C14H21N3O2/c1-9(2)7-14(3,18)8-16-13-17-12-10(15)5-4-6-11(12)19-13/h4-6,9,18H,7-8,15H2,1-3H3,(H,16,17). The summed E-state index contributed by atoms with van der Waals surface area (Å²) in [5.74, 6) is 0.427. The molecule has 1 heterocycles. The van der Waals surface area contributed by atoms with E-state index < -0.39 is 5.60 Å². The molecule has 1 aromatic heterocycles. The van der Waals surface area contributed by atoms with Crippen LogP contribution in [0.5, 0.6) is 0 Å². The largest absolute Gasteiger partial charge is 0.423 e. The summed E-state index contributed by atoms with van der Waals surface area (Å²) in [6.07, 6.45) is 0.711. The molecule has 0 aliphatic rings. The number of oxazole rings is 1. The lowest BCUT2D eigenvalue weighted by Gasteiger charge is -2.25. The molecule has 1 aromatic carbocycles. The van der Waals surface area contributed by atoms with Crippen molar-refractivity contribution in [2.45, 2.75) is 32.8 Å². The Balaban J connectivity index is 2.08. The number of aromatic nitrogens is 1. The molecule has 1 unspecified atom stereocenters. The Morgan fingerprint density at radius 1 is 1.47 bits per heavy atom. The van der Waals surface area contributed by atoms with E-state index in [1.165, 1.54) is 0 Å². The van der Waals surface area contributed by atoms with Crippen molar-refractivity contribution in [2.24, 2.45) is 5.92 Å². The van der Waals surface area contributed by atoms with Crippen molar-refractivity contribution in [2.75, 3.05) is 17.6 Å². The summed E-state index contributed by atoms with van der Waals surface area (Å²) in [6.45, 7) is 6.35. The van der Waals surface area contributed by atoms with Crippen LogP contribution in [0.4, 0.5) is 11.7 Å². The van der Waals surface area contributed by atoms with Crippen LogP contribution in [-0.4, -0.2) is 22.2 Å². The lowest BCUT2D eigenvalue weighted by molar-refractivity contribution is 0.0510. The van der Waals surface area contributed by atoms with Gasteiger partial charge in [-0.2, -0.15) is 4.98 Å². The van der Waals surface area contributed by atoms with Crippen LogP contribution in [0.3, 0.4) is 0 Å². The molecule has 0 radical (unpaired) electrons. The number of benzene rings is 1. The summed E-state index contributed by atoms with van der Waals surface area (Å²) < 4.78 is 5.54. The molecule has 1 atom stereocenters. The van der Waals surface area contributed by atoms with Gasteiger partial charge in [0, 0.05) is 6.54 Å². The summed E-state index contributed by atoms with van der Waals surface area (Å²) in [7, 11) is 0. The maximum absolute atomic E-state index is 10.2. The molecule has 5 heteroatoms. The maximum Gasteiger partial charge on any atom is 0.295 e. The van der Waals surface area contributed by atoms with Gasteiger partial charge < -0.3 is 20.6 Å². The molecule has 19 heavy (non-hydrogen) atoms. The van der Waals surface area contributed by atoms with Crippen LogP contribution in [0.15, 0.2) is 22.6 Å². The molecule has 2 rings (SSSR count). The molecule has 0 spiro atoms. The number of rotatable bonds is 5. The van der Waals surface area contributed by atoms with Gasteiger partial charge in [0.25, 0.3) is 6.01 Å². The fourth-order valence-electron chi connectivity index (χ4n) is 2.26. The fraction of sp³-hybridized carbons (Fsp3) is 0.500. The van der Waals surface area contributed by atoms with Gasteiger partial charge >= 0.3 is 0 Å². The molecule has 4 N–H and O–H groups in total. The van der Waals surface area contributed by atoms with Crippen molar-refractivity contribution in [3.05, 3.63) is 18.2 Å². The summed E-state index contributed by atoms with van der Waals surface area (Å²) in [4.78, 5) is 4.28. The molecule has 0 bridgehead atoms. The van der Waals surface area contributed by atoms with Crippen LogP contribution >= 0.6 is 0 Å². The quantitative estimate of drug-likeness (QED) is 0.722. The first-order valence-corrected chi connectivity index (χ1v) is 6.49. The summed E-state index contributed by atoms with van der Waals surface area (Å²) >= 11 is 0. The highest BCUT2D eigenvalue weighted by Crippen LogP contribution is 2.24. The smallest absolute Gasteiger partial charge is 0.295 e. The van der Waals surface area contributed by atoms with Gasteiger partial charge in [0.15, 0.2) is 5.58 Å². The Hall–Kier alpha value is -1.75. The van der Waals surface area contributed by atoms with Gasteiger partial charge in [-0.25, -0.2) is 0 Å². The predicted molar refractivity (Wildman–Crippen MR) is 77.0 cm³/mol. The third-order valence-electron chi connectivity index (χ3n) is 2.92. The van der Waals surface area contributed by atoms with Gasteiger partial charge in [-0.3, -0.25) is 0 Å². The highest BCUT2D eigenvalue weighted by molar-refractivity contribution is 5.86. The molecule has 104 valence electrons. The number of nitrogens with one attached hydrogen (secondary N) is 1. The summed E-state index contributed by atoms with van der Waals surface area (Å²) in [6, 6.07) is 5.80. The van der Waals surface area contributed by atoms with Gasteiger partial charge in [0.05, 0.1) is 11.3 Å². The van der Waals surface area contributed by atoms with E-state index in [9.17, 15) is 5.11 Å². The minimum absolute atomic E-state index is 0.386. The minimum atomic E-state index is -0.791. The second kappa shape index (κ2) is 5.09. The van der Waals surface area contributed by atoms with Crippen molar-refractivity contribution in [1.82, 2.24) is 4.98 Å². The Morgan fingerprint density at radius 3 is 2.84 bits per heavy atom. The van der Waals surface area contributed by atoms with Crippen molar-refractivity contribution in [1.29, 1.82) is 0 Å². The van der Waals surface area contributed by atoms with E-state index in [0.717, 1.165) is 0 Å². The molecule has 0 aliphatic carbocycles. The number of anilines is 2. The number of fused-ring (bicyclic) bond motifs is 1. The first-order valence-electron chi connectivity index (χ1n) is 6.49. The Kier molecular flexibility index (Phi) is 3.66. The highest BCUT2D eigenvalue weighted by atomic mass is 16.4. The lowest BCUT2D eigenvalue weighted by atomic mass is 9.94. The molecule has 0 saturated heterocycles. The molecule has 2 aromatic rings. The molecule has 0 aliphatic heterocycles. The average molecular weight is 263 g/mol. The topological polar surface area (TPSA) is 84.3 Å². The number of hydrogen-bond acceptors (Lipinski definition) is 5. The molecule has 0 amide bonds. The van der Waals surface area contributed by atoms with Gasteiger partial charge in [-0.1, -0.05) is 19.9 Å². The molecular weight excluding hydrogens is 242 g/mol. The number of nitrogens with zero attached hydrogens (tertiary/aromatic N) is 1. The van der Waals surface area contributed by atoms with Crippen LogP contribution in [0.25, 0.3) is 11.1 Å². The Bertz CT molecular complexity index is 561. The summed E-state index contributed by atoms with van der Waals surface area (Å²) in [5.41, 5.74) is 6.90. The normalized spacial score (nSPS) is 14.8. The van der Waals surface area contributed by atoms with Crippen molar-refractivity contribution in [3.8, 4) is 0 Å². The van der Waals surface area contributed by atoms with Crippen LogP contribution in [-0.2, 0) is 0 Å². The number of para-hydroxylation sites is 1. The van der Waals surface area contributed by atoms with E-state index >= 15 is 0 Å². The van der Waals surface area contributed by atoms with Gasteiger partial charge in [-0.05, 0) is 31.4 Å². The van der Waals surface area contributed by atoms with Crippen LogP contribution in [0.2, 0.25) is 0 Å². The number of hydrogen-bond donors (Lipinski definition) is 3. The average Bonchev–Trinajstić information content (AvgIpc) is 2.69. The minimum Gasteiger partial charge on any atom is -0.423 e. The van der Waals surface area contributed by atoms with Crippen molar-refractivity contribution < 1.29 is 9.52 Å². The first kappa shape index (κ1) is 13.7. The maximum atomic E-state index is 10.2. The number of aliphatic hydroxyl groups is 1. The monoisotopic (exact) mass is 263 g/mol. The van der Waals surface area contributed by atoms with Crippen molar-refractivity contribution in [3.63, 3.8) is 0 Å². The zero-order chi connectivity index (χ0) is 14.0. The lowest BCUT2D eigenvalue weighted by Crippen LogP contribution is -2.34. The van der Waals surface area contributed by atoms with Crippen molar-refractivity contribution >= 4 is 22.8 Å². The van der Waals surface area contributed by atoms with E-state index in [1.807, 2.05) is 12.1 Å². The molecule has 0 fully saturated rings. The molecule has 5 nitrogen and oxygen atoms in total. The number of nitrogen functional groups attached to an aromatic ring is 1. The van der Waals surface area contributed by atoms with Crippen LogP contribution in [0, 0.1) is 5.92 Å². The number of nitrogens with two attached hydrogens (primary N) is 1. The Labute approximate surface area is 112 Å². The third kappa shape index (κ3) is 3.38. The van der Waals surface area contributed by atoms with E-state index in [4.69, 9.17) is 10.2 Å². The Morgan fingerprint density at radius 2 is 2.21 bits per heavy atom. The van der Waals surface area contributed by atoms with Crippen LogP contribution < -0.4 is 11.1 Å². The van der Waals surface area contributed by atoms with E-state index in [2.05, 4.69) is 24.1 Å². The SMILES string of the molecule is CC(C)CC(C)(O)CNc1nc2c(N)cccc2o1. The second-order valence-corrected chi connectivity index (χ2v) is 5.66. The first-order chi connectivity index (χ1) is 8.87. The van der Waals surface area contributed by atoms with Gasteiger partial charge in [-0.15, -0.1) is 0 Å². The zero-order valence-electron chi connectivity index (χ0n) is 11.6. The zero-order valence-corrected chi connectivity index (χ0v) is 11.6. The second-order valence-electron chi connectivity index (χ2n) is 5.66. The summed E-state index contributed by atoms with van der Waals surface area (Å²) in [5, 5.41) is 13.2. The van der Waals surface area contributed by atoms with Gasteiger partial charge in [0.2, 0.25) is 0 Å². The molecular formula is C14H21N3O2. The van der Waals surface area contributed by atoms with Gasteiger partial charge in [0.1, 0.15) is 5.52 Å². The van der Waals surface area contributed by atoms with E-state index in [1.54, 1.807) is 13.0 Å². The van der Waals surface area contributed by atoms with E-state index in [0.29, 0.717) is 41.7 Å².